The Labute approximate surface area is 107 Å². The summed E-state index contributed by atoms with van der Waals surface area (Å²) in [6.45, 7) is 1.67. The highest BCUT2D eigenvalue weighted by molar-refractivity contribution is 5.30. The Balaban J connectivity index is 1.98. The normalized spacial score (nSPS) is 20.0. The van der Waals surface area contributed by atoms with Gasteiger partial charge >= 0.3 is 0 Å². The molecule has 4 heteroatoms. The van der Waals surface area contributed by atoms with Gasteiger partial charge in [0.05, 0.1) is 18.8 Å². The standard InChI is InChI=1S/C14H18N2O2/c15-10-14(16,12-4-2-1-3-5-12)11-18-13-6-8-17-9-7-13/h1-5,13H,6-9,11,16H2. The van der Waals surface area contributed by atoms with Crippen LogP contribution in [0.3, 0.4) is 0 Å². The lowest BCUT2D eigenvalue weighted by Crippen LogP contribution is -2.42. The lowest BCUT2D eigenvalue weighted by Gasteiger charge is -2.27. The zero-order valence-electron chi connectivity index (χ0n) is 10.3. The molecule has 1 heterocycles. The summed E-state index contributed by atoms with van der Waals surface area (Å²) < 4.78 is 11.0. The largest absolute Gasteiger partial charge is 0.381 e. The van der Waals surface area contributed by atoms with E-state index in [-0.39, 0.29) is 12.7 Å². The van der Waals surface area contributed by atoms with Gasteiger partial charge in [-0.3, -0.25) is 0 Å². The molecule has 0 aliphatic carbocycles. The van der Waals surface area contributed by atoms with E-state index in [4.69, 9.17) is 15.2 Å². The van der Waals surface area contributed by atoms with Crippen LogP contribution in [-0.2, 0) is 15.0 Å². The average molecular weight is 246 g/mol. The minimum absolute atomic E-state index is 0.152. The molecule has 0 aromatic heterocycles. The molecular formula is C14H18N2O2. The van der Waals surface area contributed by atoms with Crippen LogP contribution in [0.25, 0.3) is 0 Å². The number of hydrogen-bond acceptors (Lipinski definition) is 4. The molecule has 96 valence electrons. The molecule has 0 amide bonds. The molecule has 1 aliphatic heterocycles. The molecule has 0 radical (unpaired) electrons. The number of ether oxygens (including phenoxy) is 2. The van der Waals surface area contributed by atoms with Crippen molar-refractivity contribution >= 4 is 0 Å². The summed E-state index contributed by atoms with van der Waals surface area (Å²) in [5.41, 5.74) is 5.84. The summed E-state index contributed by atoms with van der Waals surface area (Å²) >= 11 is 0. The van der Waals surface area contributed by atoms with Gasteiger partial charge in [-0.2, -0.15) is 5.26 Å². The van der Waals surface area contributed by atoms with Crippen LogP contribution < -0.4 is 5.73 Å². The molecule has 0 spiro atoms. The van der Waals surface area contributed by atoms with Crippen molar-refractivity contribution in [3.8, 4) is 6.07 Å². The fourth-order valence-electron chi connectivity index (χ4n) is 2.01. The third-order valence-corrected chi connectivity index (χ3v) is 3.20. The molecule has 1 fully saturated rings. The van der Waals surface area contributed by atoms with E-state index in [1.807, 2.05) is 30.3 Å². The lowest BCUT2D eigenvalue weighted by atomic mass is 9.93. The zero-order valence-corrected chi connectivity index (χ0v) is 10.3. The van der Waals surface area contributed by atoms with E-state index in [1.165, 1.54) is 0 Å². The lowest BCUT2D eigenvalue weighted by molar-refractivity contribution is -0.0419. The maximum Gasteiger partial charge on any atom is 0.153 e. The average Bonchev–Trinajstić information content (AvgIpc) is 2.47. The first-order chi connectivity index (χ1) is 8.74. The quantitative estimate of drug-likeness (QED) is 0.875. The first-order valence-corrected chi connectivity index (χ1v) is 6.19. The van der Waals surface area contributed by atoms with Crippen molar-refractivity contribution < 1.29 is 9.47 Å². The van der Waals surface area contributed by atoms with E-state index in [1.54, 1.807) is 0 Å². The molecule has 0 saturated carbocycles. The molecule has 18 heavy (non-hydrogen) atoms. The van der Waals surface area contributed by atoms with E-state index >= 15 is 0 Å². The second-order valence-corrected chi connectivity index (χ2v) is 4.57. The Morgan fingerprint density at radius 3 is 2.61 bits per heavy atom. The summed E-state index contributed by atoms with van der Waals surface area (Å²) in [4.78, 5) is 0. The van der Waals surface area contributed by atoms with Crippen LogP contribution in [-0.4, -0.2) is 25.9 Å². The Morgan fingerprint density at radius 2 is 2.00 bits per heavy atom. The van der Waals surface area contributed by atoms with Crippen LogP contribution >= 0.6 is 0 Å². The van der Waals surface area contributed by atoms with Gasteiger partial charge in [-0.05, 0) is 18.4 Å². The second-order valence-electron chi connectivity index (χ2n) is 4.57. The van der Waals surface area contributed by atoms with Crippen molar-refractivity contribution in [1.29, 1.82) is 5.26 Å². The van der Waals surface area contributed by atoms with Gasteiger partial charge in [-0.1, -0.05) is 30.3 Å². The molecule has 4 nitrogen and oxygen atoms in total. The highest BCUT2D eigenvalue weighted by Crippen LogP contribution is 2.20. The highest BCUT2D eigenvalue weighted by atomic mass is 16.5. The van der Waals surface area contributed by atoms with Gasteiger partial charge in [0.2, 0.25) is 0 Å². The predicted octanol–water partition coefficient (Wildman–Crippen LogP) is 1.56. The van der Waals surface area contributed by atoms with E-state index < -0.39 is 5.54 Å². The maximum atomic E-state index is 9.29. The predicted molar refractivity (Wildman–Crippen MR) is 67.7 cm³/mol. The Bertz CT molecular complexity index is 410. The van der Waals surface area contributed by atoms with Gasteiger partial charge in [-0.15, -0.1) is 0 Å². The first-order valence-electron chi connectivity index (χ1n) is 6.19. The van der Waals surface area contributed by atoms with Gasteiger partial charge in [0, 0.05) is 13.2 Å². The Kier molecular flexibility index (Phi) is 4.32. The summed E-state index contributed by atoms with van der Waals surface area (Å²) in [6.07, 6.45) is 1.89. The summed E-state index contributed by atoms with van der Waals surface area (Å²) in [7, 11) is 0. The van der Waals surface area contributed by atoms with Crippen molar-refractivity contribution in [3.05, 3.63) is 35.9 Å². The Morgan fingerprint density at radius 1 is 1.33 bits per heavy atom. The van der Waals surface area contributed by atoms with Gasteiger partial charge in [0.1, 0.15) is 0 Å². The van der Waals surface area contributed by atoms with Gasteiger partial charge < -0.3 is 15.2 Å². The van der Waals surface area contributed by atoms with Crippen molar-refractivity contribution in [2.24, 2.45) is 5.73 Å². The van der Waals surface area contributed by atoms with Gasteiger partial charge in [0.15, 0.2) is 5.54 Å². The van der Waals surface area contributed by atoms with E-state index in [0.29, 0.717) is 0 Å². The van der Waals surface area contributed by atoms with E-state index in [0.717, 1.165) is 31.6 Å². The summed E-state index contributed by atoms with van der Waals surface area (Å²) in [5, 5.41) is 9.29. The van der Waals surface area contributed by atoms with E-state index in [2.05, 4.69) is 6.07 Å². The molecule has 1 unspecified atom stereocenters. The van der Waals surface area contributed by atoms with Crippen molar-refractivity contribution in [1.82, 2.24) is 0 Å². The molecule has 0 bridgehead atoms. The number of benzene rings is 1. The highest BCUT2D eigenvalue weighted by Gasteiger charge is 2.29. The molecule has 2 rings (SSSR count). The minimum atomic E-state index is -1.07. The minimum Gasteiger partial charge on any atom is -0.381 e. The number of nitrogens with two attached hydrogens (primary N) is 1. The third-order valence-electron chi connectivity index (χ3n) is 3.20. The van der Waals surface area contributed by atoms with E-state index in [9.17, 15) is 5.26 Å². The zero-order chi connectivity index (χ0) is 12.8. The maximum absolute atomic E-state index is 9.29. The van der Waals surface area contributed by atoms with Crippen molar-refractivity contribution in [2.75, 3.05) is 19.8 Å². The summed E-state index contributed by atoms with van der Waals surface area (Å²) in [6, 6.07) is 11.5. The third kappa shape index (κ3) is 3.08. The molecular weight excluding hydrogens is 228 g/mol. The monoisotopic (exact) mass is 246 g/mol. The fraction of sp³-hybridized carbons (Fsp3) is 0.500. The van der Waals surface area contributed by atoms with Crippen LogP contribution in [0.15, 0.2) is 30.3 Å². The van der Waals surface area contributed by atoms with Crippen molar-refractivity contribution in [3.63, 3.8) is 0 Å². The van der Waals surface area contributed by atoms with Crippen LogP contribution in [0.4, 0.5) is 0 Å². The first kappa shape index (κ1) is 13.0. The number of nitrogens with zero attached hydrogens (tertiary/aromatic N) is 1. The van der Waals surface area contributed by atoms with Crippen LogP contribution in [0, 0.1) is 11.3 Å². The number of rotatable bonds is 4. The SMILES string of the molecule is N#CC(N)(COC1CCOCC1)c1ccccc1. The van der Waals surface area contributed by atoms with Crippen molar-refractivity contribution in [2.45, 2.75) is 24.5 Å². The summed E-state index contributed by atoms with van der Waals surface area (Å²) in [5.74, 6) is 0. The molecule has 1 saturated heterocycles. The fourth-order valence-corrected chi connectivity index (χ4v) is 2.01. The number of hydrogen-bond donors (Lipinski definition) is 1. The Hall–Kier alpha value is -1.41. The smallest absolute Gasteiger partial charge is 0.153 e. The topological polar surface area (TPSA) is 68.3 Å². The molecule has 1 atom stereocenters. The molecule has 2 N–H and O–H groups in total. The second kappa shape index (κ2) is 5.96. The number of nitriles is 1. The van der Waals surface area contributed by atoms with Crippen LogP contribution in [0.1, 0.15) is 18.4 Å². The molecule has 1 aromatic rings. The van der Waals surface area contributed by atoms with Crippen LogP contribution in [0.5, 0.6) is 0 Å². The van der Waals surface area contributed by atoms with Gasteiger partial charge in [-0.25, -0.2) is 0 Å². The van der Waals surface area contributed by atoms with Gasteiger partial charge in [0.25, 0.3) is 0 Å². The van der Waals surface area contributed by atoms with Crippen LogP contribution in [0.2, 0.25) is 0 Å². The molecule has 1 aromatic carbocycles. The molecule has 1 aliphatic rings.